The number of aliphatic hydroxyl groups is 1. The molecule has 18 heavy (non-hydrogen) atoms. The Hall–Kier alpha value is -2.07. The van der Waals surface area contributed by atoms with E-state index in [9.17, 15) is 4.79 Å². The minimum absolute atomic E-state index is 0.0496. The van der Waals surface area contributed by atoms with Crippen LogP contribution < -0.4 is 0 Å². The van der Waals surface area contributed by atoms with Crippen LogP contribution in [-0.2, 0) is 0 Å². The van der Waals surface area contributed by atoms with Crippen molar-refractivity contribution in [1.29, 1.82) is 0 Å². The number of amides is 1. The average molecular weight is 244 g/mol. The molecule has 1 aromatic heterocycles. The number of aliphatic hydroxyl groups excluding tert-OH is 1. The number of carbonyl (C=O) groups excluding carboxylic acids is 1. The van der Waals surface area contributed by atoms with Gasteiger partial charge in [0, 0.05) is 35.8 Å². The first-order valence-corrected chi connectivity index (χ1v) is 5.84. The normalized spacial score (nSPS) is 10.5. The van der Waals surface area contributed by atoms with Gasteiger partial charge in [-0.15, -0.1) is 6.58 Å². The predicted molar refractivity (Wildman–Crippen MR) is 71.5 cm³/mol. The molecule has 0 unspecified atom stereocenters. The van der Waals surface area contributed by atoms with Crippen LogP contribution in [0.4, 0.5) is 0 Å². The highest BCUT2D eigenvalue weighted by Crippen LogP contribution is 2.15. The summed E-state index contributed by atoms with van der Waals surface area (Å²) in [6.07, 6.45) is 3.50. The fourth-order valence-electron chi connectivity index (χ4n) is 1.92. The highest BCUT2D eigenvalue weighted by atomic mass is 16.3. The summed E-state index contributed by atoms with van der Waals surface area (Å²) >= 11 is 0. The number of rotatable bonds is 5. The van der Waals surface area contributed by atoms with Crippen LogP contribution in [0.25, 0.3) is 10.9 Å². The minimum Gasteiger partial charge on any atom is -0.395 e. The number of nitrogens with zero attached hydrogens (tertiary/aromatic N) is 1. The second kappa shape index (κ2) is 5.51. The molecule has 0 radical (unpaired) electrons. The maximum atomic E-state index is 12.2. The Bertz CT molecular complexity index is 560. The first-order chi connectivity index (χ1) is 8.76. The zero-order chi connectivity index (χ0) is 13.0. The SMILES string of the molecule is C=CCN(CCO)C(=O)c1ccc2[nH]ccc2c1. The molecule has 4 heteroatoms. The fraction of sp³-hybridized carbons (Fsp3) is 0.214. The Balaban J connectivity index is 2.27. The smallest absolute Gasteiger partial charge is 0.254 e. The van der Waals surface area contributed by atoms with Crippen molar-refractivity contribution >= 4 is 16.8 Å². The van der Waals surface area contributed by atoms with Gasteiger partial charge in [0.25, 0.3) is 5.91 Å². The molecule has 1 aromatic carbocycles. The Labute approximate surface area is 106 Å². The molecule has 4 nitrogen and oxygen atoms in total. The molecule has 1 heterocycles. The molecule has 0 aliphatic carbocycles. The maximum absolute atomic E-state index is 12.2. The van der Waals surface area contributed by atoms with Crippen LogP contribution in [0.1, 0.15) is 10.4 Å². The van der Waals surface area contributed by atoms with Crippen molar-refractivity contribution < 1.29 is 9.90 Å². The van der Waals surface area contributed by atoms with Gasteiger partial charge in [-0.1, -0.05) is 6.08 Å². The summed E-state index contributed by atoms with van der Waals surface area (Å²) in [6.45, 7) is 4.32. The molecular weight excluding hydrogens is 228 g/mol. The Kier molecular flexibility index (Phi) is 3.79. The van der Waals surface area contributed by atoms with Crippen molar-refractivity contribution in [2.75, 3.05) is 19.7 Å². The number of hydrogen-bond acceptors (Lipinski definition) is 2. The van der Waals surface area contributed by atoms with Gasteiger partial charge in [0.15, 0.2) is 0 Å². The largest absolute Gasteiger partial charge is 0.395 e. The predicted octanol–water partition coefficient (Wildman–Crippen LogP) is 1.79. The lowest BCUT2D eigenvalue weighted by Gasteiger charge is -2.20. The van der Waals surface area contributed by atoms with E-state index in [4.69, 9.17) is 5.11 Å². The van der Waals surface area contributed by atoms with Crippen molar-refractivity contribution in [3.05, 3.63) is 48.7 Å². The van der Waals surface area contributed by atoms with Gasteiger partial charge in [-0.25, -0.2) is 0 Å². The van der Waals surface area contributed by atoms with E-state index in [0.29, 0.717) is 18.7 Å². The topological polar surface area (TPSA) is 56.3 Å². The van der Waals surface area contributed by atoms with Crippen LogP contribution in [-0.4, -0.2) is 40.6 Å². The van der Waals surface area contributed by atoms with E-state index in [-0.39, 0.29) is 12.5 Å². The molecule has 0 fully saturated rings. The standard InChI is InChI=1S/C14H16N2O2/c1-2-7-16(8-9-17)14(18)12-3-4-13-11(10-12)5-6-15-13/h2-6,10,15,17H,1,7-9H2. The monoisotopic (exact) mass is 244 g/mol. The van der Waals surface area contributed by atoms with Crippen molar-refractivity contribution in [3.63, 3.8) is 0 Å². The minimum atomic E-state index is -0.0907. The van der Waals surface area contributed by atoms with Crippen LogP contribution in [0, 0.1) is 0 Å². The van der Waals surface area contributed by atoms with E-state index in [1.165, 1.54) is 0 Å². The summed E-state index contributed by atoms with van der Waals surface area (Å²) in [6, 6.07) is 7.44. The molecule has 0 spiro atoms. The van der Waals surface area contributed by atoms with Crippen LogP contribution >= 0.6 is 0 Å². The molecule has 0 bridgehead atoms. The zero-order valence-corrected chi connectivity index (χ0v) is 10.1. The second-order valence-electron chi connectivity index (χ2n) is 4.04. The lowest BCUT2D eigenvalue weighted by Crippen LogP contribution is -2.33. The van der Waals surface area contributed by atoms with Crippen molar-refractivity contribution in [2.24, 2.45) is 0 Å². The van der Waals surface area contributed by atoms with Crippen molar-refractivity contribution in [1.82, 2.24) is 9.88 Å². The number of H-pyrrole nitrogens is 1. The third kappa shape index (κ3) is 2.43. The lowest BCUT2D eigenvalue weighted by atomic mass is 10.1. The van der Waals surface area contributed by atoms with E-state index < -0.39 is 0 Å². The highest BCUT2D eigenvalue weighted by molar-refractivity contribution is 5.98. The third-order valence-corrected chi connectivity index (χ3v) is 2.81. The lowest BCUT2D eigenvalue weighted by molar-refractivity contribution is 0.0743. The van der Waals surface area contributed by atoms with Crippen LogP contribution in [0.3, 0.4) is 0 Å². The summed E-state index contributed by atoms with van der Waals surface area (Å²) in [5, 5.41) is 9.97. The number of benzene rings is 1. The van der Waals surface area contributed by atoms with E-state index in [2.05, 4.69) is 11.6 Å². The molecule has 1 amide bonds. The number of aromatic nitrogens is 1. The van der Waals surface area contributed by atoms with Gasteiger partial charge >= 0.3 is 0 Å². The van der Waals surface area contributed by atoms with E-state index in [1.54, 1.807) is 17.0 Å². The molecule has 2 aromatic rings. The quantitative estimate of drug-likeness (QED) is 0.788. The van der Waals surface area contributed by atoms with Crippen molar-refractivity contribution in [3.8, 4) is 0 Å². The average Bonchev–Trinajstić information content (AvgIpc) is 2.84. The first-order valence-electron chi connectivity index (χ1n) is 5.84. The number of hydrogen-bond donors (Lipinski definition) is 2. The molecular formula is C14H16N2O2. The number of aromatic amines is 1. The van der Waals surface area contributed by atoms with E-state index in [1.807, 2.05) is 24.4 Å². The Morgan fingerprint density at radius 2 is 2.28 bits per heavy atom. The Morgan fingerprint density at radius 3 is 3.00 bits per heavy atom. The van der Waals surface area contributed by atoms with Crippen LogP contribution in [0.2, 0.25) is 0 Å². The number of fused-ring (bicyclic) bond motifs is 1. The summed E-state index contributed by atoms with van der Waals surface area (Å²) < 4.78 is 0. The molecule has 2 N–H and O–H groups in total. The molecule has 0 aliphatic heterocycles. The van der Waals surface area contributed by atoms with Gasteiger partial charge in [0.2, 0.25) is 0 Å². The molecule has 0 saturated heterocycles. The highest BCUT2D eigenvalue weighted by Gasteiger charge is 2.14. The number of nitrogens with one attached hydrogen (secondary N) is 1. The van der Waals surface area contributed by atoms with E-state index in [0.717, 1.165) is 10.9 Å². The maximum Gasteiger partial charge on any atom is 0.254 e. The van der Waals surface area contributed by atoms with Gasteiger partial charge < -0.3 is 15.0 Å². The summed E-state index contributed by atoms with van der Waals surface area (Å²) in [4.78, 5) is 16.9. The van der Waals surface area contributed by atoms with Gasteiger partial charge in [-0.2, -0.15) is 0 Å². The summed E-state index contributed by atoms with van der Waals surface area (Å²) in [7, 11) is 0. The molecule has 0 atom stereocenters. The molecule has 94 valence electrons. The van der Waals surface area contributed by atoms with Gasteiger partial charge in [-0.3, -0.25) is 4.79 Å². The van der Waals surface area contributed by atoms with Gasteiger partial charge in [0.05, 0.1) is 6.61 Å². The van der Waals surface area contributed by atoms with Crippen LogP contribution in [0.5, 0.6) is 0 Å². The Morgan fingerprint density at radius 1 is 1.44 bits per heavy atom. The molecule has 0 aliphatic rings. The molecule has 0 saturated carbocycles. The summed E-state index contributed by atoms with van der Waals surface area (Å²) in [5.41, 5.74) is 1.63. The first kappa shape index (κ1) is 12.4. The second-order valence-corrected chi connectivity index (χ2v) is 4.04. The summed E-state index contributed by atoms with van der Waals surface area (Å²) in [5.74, 6) is -0.0907. The third-order valence-electron chi connectivity index (χ3n) is 2.81. The van der Waals surface area contributed by atoms with Crippen molar-refractivity contribution in [2.45, 2.75) is 0 Å². The fourth-order valence-corrected chi connectivity index (χ4v) is 1.92. The zero-order valence-electron chi connectivity index (χ0n) is 10.1. The van der Waals surface area contributed by atoms with Gasteiger partial charge in [0.1, 0.15) is 0 Å². The van der Waals surface area contributed by atoms with Gasteiger partial charge in [-0.05, 0) is 24.3 Å². The van der Waals surface area contributed by atoms with Crippen LogP contribution in [0.15, 0.2) is 43.1 Å². The molecule has 2 rings (SSSR count). The number of carbonyl (C=O) groups is 1. The van der Waals surface area contributed by atoms with E-state index >= 15 is 0 Å².